The number of hydrogen-bond acceptors (Lipinski definition) is 5. The van der Waals surface area contributed by atoms with E-state index < -0.39 is 12.1 Å². The van der Waals surface area contributed by atoms with Crippen LogP contribution in [0.5, 0.6) is 0 Å². The summed E-state index contributed by atoms with van der Waals surface area (Å²) in [7, 11) is 3.07. The molecule has 3 rings (SSSR count). The lowest BCUT2D eigenvalue weighted by molar-refractivity contribution is 0.0602. The predicted molar refractivity (Wildman–Crippen MR) is 74.7 cm³/mol. The van der Waals surface area contributed by atoms with Crippen LogP contribution in [0, 0.1) is 0 Å². The number of nitrogens with one attached hydrogen (secondary N) is 1. The Labute approximate surface area is 120 Å². The van der Waals surface area contributed by atoms with Crippen molar-refractivity contribution in [1.29, 1.82) is 0 Å². The van der Waals surface area contributed by atoms with E-state index in [9.17, 15) is 9.90 Å². The Bertz CT molecular complexity index is 806. The molecule has 1 unspecified atom stereocenters. The number of aromatic amines is 1. The van der Waals surface area contributed by atoms with Crippen LogP contribution < -0.4 is 0 Å². The van der Waals surface area contributed by atoms with E-state index in [0.717, 1.165) is 0 Å². The number of hydrogen-bond donors (Lipinski definition) is 2. The van der Waals surface area contributed by atoms with Gasteiger partial charge in [0.25, 0.3) is 0 Å². The number of aromatic nitrogens is 4. The zero-order valence-electron chi connectivity index (χ0n) is 11.6. The monoisotopic (exact) mass is 286 g/mol. The second-order valence-electron chi connectivity index (χ2n) is 4.62. The molecule has 21 heavy (non-hydrogen) atoms. The molecule has 0 amide bonds. The molecule has 7 heteroatoms. The fraction of sp³-hybridized carbons (Fsp3) is 0.214. The average Bonchev–Trinajstić information content (AvgIpc) is 3.11. The van der Waals surface area contributed by atoms with E-state index in [0.29, 0.717) is 28.0 Å². The number of rotatable bonds is 3. The minimum atomic E-state index is -0.878. The van der Waals surface area contributed by atoms with Crippen LogP contribution >= 0.6 is 0 Å². The van der Waals surface area contributed by atoms with Gasteiger partial charge in [-0.05, 0) is 18.2 Å². The Kier molecular flexibility index (Phi) is 3.19. The third-order valence-electron chi connectivity index (χ3n) is 3.38. The lowest BCUT2D eigenvalue weighted by Gasteiger charge is -2.08. The summed E-state index contributed by atoms with van der Waals surface area (Å²) in [5, 5.41) is 14.4. The minimum absolute atomic E-state index is 0.381. The lowest BCUT2D eigenvalue weighted by atomic mass is 10.2. The molecular weight excluding hydrogens is 272 g/mol. The number of pyridine rings is 1. The number of esters is 1. The Hall–Kier alpha value is -2.67. The van der Waals surface area contributed by atoms with E-state index in [-0.39, 0.29) is 0 Å². The summed E-state index contributed by atoms with van der Waals surface area (Å²) in [6, 6.07) is 5.01. The van der Waals surface area contributed by atoms with Crippen molar-refractivity contribution in [3.05, 3.63) is 47.5 Å². The summed E-state index contributed by atoms with van der Waals surface area (Å²) in [4.78, 5) is 19.0. The summed E-state index contributed by atoms with van der Waals surface area (Å²) >= 11 is 0. The first-order valence-corrected chi connectivity index (χ1v) is 6.33. The maximum absolute atomic E-state index is 11.7. The molecule has 0 aliphatic rings. The molecule has 0 aliphatic heterocycles. The number of methoxy groups -OCH3 is 1. The van der Waals surface area contributed by atoms with Gasteiger partial charge in [0, 0.05) is 19.4 Å². The molecule has 3 heterocycles. The molecule has 1 atom stereocenters. The van der Waals surface area contributed by atoms with E-state index >= 15 is 0 Å². The van der Waals surface area contributed by atoms with Crippen LogP contribution in [-0.4, -0.2) is 37.9 Å². The molecule has 0 spiro atoms. The van der Waals surface area contributed by atoms with Crippen molar-refractivity contribution in [3.8, 4) is 0 Å². The van der Waals surface area contributed by atoms with Gasteiger partial charge in [0.2, 0.25) is 0 Å². The van der Waals surface area contributed by atoms with E-state index in [4.69, 9.17) is 4.74 Å². The van der Waals surface area contributed by atoms with Crippen LogP contribution in [-0.2, 0) is 11.8 Å². The zero-order valence-corrected chi connectivity index (χ0v) is 11.6. The van der Waals surface area contributed by atoms with Gasteiger partial charge in [0.05, 0.1) is 35.1 Å². The lowest BCUT2D eigenvalue weighted by Crippen LogP contribution is -2.07. The van der Waals surface area contributed by atoms with E-state index in [1.165, 1.54) is 13.3 Å². The van der Waals surface area contributed by atoms with Crippen LogP contribution in [0.1, 0.15) is 27.8 Å². The molecule has 2 N–H and O–H groups in total. The molecule has 0 radical (unpaired) electrons. The summed E-state index contributed by atoms with van der Waals surface area (Å²) in [5.41, 5.74) is 2.69. The highest BCUT2D eigenvalue weighted by Gasteiger charge is 2.19. The van der Waals surface area contributed by atoms with Gasteiger partial charge >= 0.3 is 5.97 Å². The average molecular weight is 286 g/mol. The summed E-state index contributed by atoms with van der Waals surface area (Å²) in [6.07, 6.45) is 2.26. The highest BCUT2D eigenvalue weighted by Crippen LogP contribution is 2.25. The first kappa shape index (κ1) is 13.3. The quantitative estimate of drug-likeness (QED) is 0.705. The smallest absolute Gasteiger partial charge is 0.340 e. The largest absolute Gasteiger partial charge is 0.465 e. The van der Waals surface area contributed by atoms with Gasteiger partial charge in [-0.2, -0.15) is 5.10 Å². The predicted octanol–water partition coefficient (Wildman–Crippen LogP) is 1.16. The Balaban J connectivity index is 2.09. The third kappa shape index (κ3) is 2.17. The van der Waals surface area contributed by atoms with Gasteiger partial charge in [-0.3, -0.25) is 9.67 Å². The number of carbonyl (C=O) groups is 1. The third-order valence-corrected chi connectivity index (χ3v) is 3.38. The molecule has 7 nitrogen and oxygen atoms in total. The maximum Gasteiger partial charge on any atom is 0.340 e. The number of aryl methyl sites for hydroxylation is 1. The molecule has 0 aliphatic carbocycles. The van der Waals surface area contributed by atoms with Crippen molar-refractivity contribution in [2.24, 2.45) is 7.05 Å². The van der Waals surface area contributed by atoms with E-state index in [1.807, 2.05) is 0 Å². The second-order valence-corrected chi connectivity index (χ2v) is 4.62. The molecule has 3 aromatic heterocycles. The normalized spacial score (nSPS) is 12.5. The molecule has 0 aromatic carbocycles. The van der Waals surface area contributed by atoms with Crippen molar-refractivity contribution in [2.45, 2.75) is 6.10 Å². The van der Waals surface area contributed by atoms with E-state index in [2.05, 4.69) is 15.1 Å². The van der Waals surface area contributed by atoms with Crippen molar-refractivity contribution in [2.75, 3.05) is 7.11 Å². The van der Waals surface area contributed by atoms with Gasteiger partial charge < -0.3 is 14.8 Å². The van der Waals surface area contributed by atoms with Crippen LogP contribution in [0.4, 0.5) is 0 Å². The zero-order chi connectivity index (χ0) is 15.0. The van der Waals surface area contributed by atoms with Crippen molar-refractivity contribution >= 4 is 17.0 Å². The number of fused-ring (bicyclic) bond motifs is 1. The molecule has 0 fully saturated rings. The fourth-order valence-corrected chi connectivity index (χ4v) is 2.29. The highest BCUT2D eigenvalue weighted by molar-refractivity contribution is 6.01. The number of carbonyl (C=O) groups excluding carboxylic acids is 1. The van der Waals surface area contributed by atoms with Crippen molar-refractivity contribution < 1.29 is 14.6 Å². The second kappa shape index (κ2) is 5.02. The van der Waals surface area contributed by atoms with Gasteiger partial charge in [-0.15, -0.1) is 0 Å². The van der Waals surface area contributed by atoms with Gasteiger partial charge in [-0.25, -0.2) is 4.79 Å². The molecule has 108 valence electrons. The van der Waals surface area contributed by atoms with Crippen LogP contribution in [0.25, 0.3) is 11.0 Å². The topological polar surface area (TPSA) is 93.0 Å². The Morgan fingerprint density at radius 2 is 2.24 bits per heavy atom. The molecule has 0 saturated heterocycles. The highest BCUT2D eigenvalue weighted by atomic mass is 16.5. The van der Waals surface area contributed by atoms with E-state index in [1.54, 1.807) is 36.1 Å². The first-order chi connectivity index (χ1) is 10.1. The van der Waals surface area contributed by atoms with Crippen molar-refractivity contribution in [3.63, 3.8) is 0 Å². The van der Waals surface area contributed by atoms with Gasteiger partial charge in [0.15, 0.2) is 0 Å². The fourth-order valence-electron chi connectivity index (χ4n) is 2.29. The van der Waals surface area contributed by atoms with Crippen LogP contribution in [0.2, 0.25) is 0 Å². The summed E-state index contributed by atoms with van der Waals surface area (Å²) in [6.45, 7) is 0. The number of aliphatic hydroxyl groups is 1. The van der Waals surface area contributed by atoms with Crippen molar-refractivity contribution in [1.82, 2.24) is 19.7 Å². The molecular formula is C14H14N4O3. The molecule has 0 bridgehead atoms. The maximum atomic E-state index is 11.7. The SMILES string of the molecule is COC(=O)c1ccnc2cc(C(O)c3ccnn3C)[nH]c12. The summed E-state index contributed by atoms with van der Waals surface area (Å²) in [5.74, 6) is -0.453. The van der Waals surface area contributed by atoms with Gasteiger partial charge in [-0.1, -0.05) is 0 Å². The standard InChI is InChI=1S/C14H14N4O3/c1-18-11(4-6-16-18)13(19)10-7-9-12(17-10)8(3-5-15-9)14(20)21-2/h3-7,13,17,19H,1-2H3. The minimum Gasteiger partial charge on any atom is -0.465 e. The number of ether oxygens (including phenoxy) is 1. The molecule has 3 aromatic rings. The Morgan fingerprint density at radius 3 is 2.90 bits per heavy atom. The number of aliphatic hydroxyl groups excluding tert-OH is 1. The number of H-pyrrole nitrogens is 1. The van der Waals surface area contributed by atoms with Crippen LogP contribution in [0.3, 0.4) is 0 Å². The first-order valence-electron chi connectivity index (χ1n) is 6.33. The Morgan fingerprint density at radius 1 is 1.43 bits per heavy atom. The summed E-state index contributed by atoms with van der Waals surface area (Å²) < 4.78 is 6.33. The van der Waals surface area contributed by atoms with Gasteiger partial charge in [0.1, 0.15) is 6.10 Å². The number of nitrogens with zero attached hydrogens (tertiary/aromatic N) is 3. The molecule has 0 saturated carbocycles. The van der Waals surface area contributed by atoms with Crippen LogP contribution in [0.15, 0.2) is 30.6 Å².